The van der Waals surface area contributed by atoms with Gasteiger partial charge in [0.15, 0.2) is 0 Å². The Morgan fingerprint density at radius 2 is 1.54 bits per heavy atom. The number of hydrogen-bond donors (Lipinski definition) is 0. The topological polar surface area (TPSA) is 40.6 Å². The maximum Gasteiger partial charge on any atom is 0.147 e. The van der Waals surface area contributed by atoms with Gasteiger partial charge in [0.25, 0.3) is 0 Å². The molecule has 0 amide bonds. The van der Waals surface area contributed by atoms with Crippen molar-refractivity contribution < 1.29 is 9.59 Å². The van der Waals surface area contributed by atoms with E-state index in [2.05, 4.69) is 37.5 Å². The van der Waals surface area contributed by atoms with Crippen LogP contribution in [-0.2, 0) is 9.59 Å². The van der Waals surface area contributed by atoms with Gasteiger partial charge in [0.2, 0.25) is 0 Å². The molecular formula is C22H40N2O2. The third kappa shape index (κ3) is 4.56. The van der Waals surface area contributed by atoms with Crippen LogP contribution < -0.4 is 0 Å². The van der Waals surface area contributed by atoms with E-state index < -0.39 is 5.41 Å². The van der Waals surface area contributed by atoms with Crippen molar-refractivity contribution in [2.75, 3.05) is 39.3 Å². The Labute approximate surface area is 160 Å². The lowest BCUT2D eigenvalue weighted by molar-refractivity contribution is -0.150. The SMILES string of the molecule is CCCC1(CCC)C(=O)CC2(CCN(CCCN(CC)CC)C2)CC1=O. The van der Waals surface area contributed by atoms with E-state index in [9.17, 15) is 9.59 Å². The Kier molecular flexibility index (Phi) is 7.84. The molecule has 4 heteroatoms. The first kappa shape index (κ1) is 21.6. The van der Waals surface area contributed by atoms with Crippen LogP contribution >= 0.6 is 0 Å². The van der Waals surface area contributed by atoms with E-state index in [0.29, 0.717) is 12.8 Å². The summed E-state index contributed by atoms with van der Waals surface area (Å²) in [5.74, 6) is 0.505. The van der Waals surface area contributed by atoms with Crippen molar-refractivity contribution in [1.82, 2.24) is 9.80 Å². The van der Waals surface area contributed by atoms with Crippen molar-refractivity contribution in [2.24, 2.45) is 10.8 Å². The van der Waals surface area contributed by atoms with Crippen LogP contribution in [0.5, 0.6) is 0 Å². The first-order chi connectivity index (χ1) is 12.4. The van der Waals surface area contributed by atoms with E-state index in [1.165, 1.54) is 6.42 Å². The highest BCUT2D eigenvalue weighted by Gasteiger charge is 2.54. The summed E-state index contributed by atoms with van der Waals surface area (Å²) in [6.45, 7) is 15.1. The Morgan fingerprint density at radius 3 is 2.04 bits per heavy atom. The smallest absolute Gasteiger partial charge is 0.147 e. The molecule has 0 N–H and O–H groups in total. The molecular weight excluding hydrogens is 324 g/mol. The van der Waals surface area contributed by atoms with Gasteiger partial charge in [0.1, 0.15) is 11.6 Å². The summed E-state index contributed by atoms with van der Waals surface area (Å²) in [5, 5.41) is 0. The van der Waals surface area contributed by atoms with Crippen LogP contribution in [0.25, 0.3) is 0 Å². The molecule has 1 saturated carbocycles. The molecule has 1 heterocycles. The predicted octanol–water partition coefficient (Wildman–Crippen LogP) is 3.93. The maximum absolute atomic E-state index is 13.1. The Morgan fingerprint density at radius 1 is 0.962 bits per heavy atom. The molecule has 0 unspecified atom stereocenters. The third-order valence-corrected chi connectivity index (χ3v) is 6.85. The summed E-state index contributed by atoms with van der Waals surface area (Å²) in [5.41, 5.74) is -0.709. The minimum Gasteiger partial charge on any atom is -0.304 e. The van der Waals surface area contributed by atoms with E-state index in [-0.39, 0.29) is 17.0 Å². The average molecular weight is 365 g/mol. The van der Waals surface area contributed by atoms with Crippen molar-refractivity contribution >= 4 is 11.6 Å². The lowest BCUT2D eigenvalue weighted by Crippen LogP contribution is -2.50. The highest BCUT2D eigenvalue weighted by Crippen LogP contribution is 2.49. The molecule has 0 aromatic rings. The number of carbonyl (C=O) groups excluding carboxylic acids is 2. The molecule has 1 aliphatic heterocycles. The average Bonchev–Trinajstić information content (AvgIpc) is 2.99. The van der Waals surface area contributed by atoms with Gasteiger partial charge in [0.05, 0.1) is 5.41 Å². The molecule has 0 aromatic heterocycles. The molecule has 2 aliphatic rings. The van der Waals surface area contributed by atoms with E-state index >= 15 is 0 Å². The van der Waals surface area contributed by atoms with Crippen LogP contribution in [0.15, 0.2) is 0 Å². The number of hydrogen-bond acceptors (Lipinski definition) is 4. The van der Waals surface area contributed by atoms with Gasteiger partial charge in [-0.2, -0.15) is 0 Å². The molecule has 1 saturated heterocycles. The van der Waals surface area contributed by atoms with Gasteiger partial charge in [-0.1, -0.05) is 40.5 Å². The summed E-state index contributed by atoms with van der Waals surface area (Å²) in [6, 6.07) is 0. The molecule has 26 heavy (non-hydrogen) atoms. The standard InChI is InChI=1S/C22H40N2O2/c1-5-10-22(11-6-2)19(25)16-21(17-20(22)26)12-15-24(18-21)14-9-13-23(7-3)8-4/h5-18H2,1-4H3. The highest BCUT2D eigenvalue weighted by atomic mass is 16.2. The number of ketones is 2. The fraction of sp³-hybridized carbons (Fsp3) is 0.909. The third-order valence-electron chi connectivity index (χ3n) is 6.85. The Balaban J connectivity index is 1.94. The van der Waals surface area contributed by atoms with Crippen LogP contribution in [0.3, 0.4) is 0 Å². The monoisotopic (exact) mass is 364 g/mol. The van der Waals surface area contributed by atoms with E-state index in [1.54, 1.807) is 0 Å². The van der Waals surface area contributed by atoms with Gasteiger partial charge in [-0.15, -0.1) is 0 Å². The van der Waals surface area contributed by atoms with Gasteiger partial charge in [0, 0.05) is 19.4 Å². The molecule has 1 spiro atoms. The van der Waals surface area contributed by atoms with Gasteiger partial charge in [-0.05, 0) is 63.8 Å². The molecule has 1 aliphatic carbocycles. The zero-order valence-electron chi connectivity index (χ0n) is 17.6. The molecule has 0 aromatic carbocycles. The molecule has 0 atom stereocenters. The summed E-state index contributed by atoms with van der Waals surface area (Å²) < 4.78 is 0. The molecule has 2 fully saturated rings. The second-order valence-electron chi connectivity index (χ2n) is 8.69. The van der Waals surface area contributed by atoms with Crippen molar-refractivity contribution in [3.05, 3.63) is 0 Å². The van der Waals surface area contributed by atoms with Crippen LogP contribution in [-0.4, -0.2) is 60.6 Å². The van der Waals surface area contributed by atoms with Gasteiger partial charge in [-0.3, -0.25) is 9.59 Å². The highest BCUT2D eigenvalue weighted by molar-refractivity contribution is 6.09. The van der Waals surface area contributed by atoms with Gasteiger partial charge in [-0.25, -0.2) is 0 Å². The second-order valence-corrected chi connectivity index (χ2v) is 8.69. The van der Waals surface area contributed by atoms with Crippen molar-refractivity contribution in [3.8, 4) is 0 Å². The molecule has 2 rings (SSSR count). The zero-order valence-corrected chi connectivity index (χ0v) is 17.6. The maximum atomic E-state index is 13.1. The van der Waals surface area contributed by atoms with E-state index in [4.69, 9.17) is 0 Å². The largest absolute Gasteiger partial charge is 0.304 e. The van der Waals surface area contributed by atoms with Gasteiger partial charge < -0.3 is 9.80 Å². The minimum absolute atomic E-state index is 0.0612. The summed E-state index contributed by atoms with van der Waals surface area (Å²) in [7, 11) is 0. The summed E-state index contributed by atoms with van der Waals surface area (Å²) >= 11 is 0. The first-order valence-corrected chi connectivity index (χ1v) is 11.0. The fourth-order valence-electron chi connectivity index (χ4n) is 5.34. The molecule has 0 radical (unpaired) electrons. The van der Waals surface area contributed by atoms with Crippen LogP contribution in [0.2, 0.25) is 0 Å². The second kappa shape index (κ2) is 9.45. The lowest BCUT2D eigenvalue weighted by Gasteiger charge is -2.42. The quantitative estimate of drug-likeness (QED) is 0.551. The molecule has 0 bridgehead atoms. The molecule has 150 valence electrons. The summed E-state index contributed by atoms with van der Waals surface area (Å²) in [6.07, 6.45) is 6.80. The van der Waals surface area contributed by atoms with Crippen molar-refractivity contribution in [3.63, 3.8) is 0 Å². The Bertz CT molecular complexity index is 459. The Hall–Kier alpha value is -0.740. The zero-order chi connectivity index (χ0) is 19.2. The number of likely N-dealkylation sites (tertiary alicyclic amines) is 1. The van der Waals surface area contributed by atoms with Gasteiger partial charge >= 0.3 is 0 Å². The minimum atomic E-state index is -0.648. The van der Waals surface area contributed by atoms with Crippen LogP contribution in [0.1, 0.15) is 79.1 Å². The number of nitrogens with zero attached hydrogens (tertiary/aromatic N) is 2. The van der Waals surface area contributed by atoms with Crippen LogP contribution in [0, 0.1) is 10.8 Å². The van der Waals surface area contributed by atoms with E-state index in [1.807, 2.05) is 0 Å². The lowest BCUT2D eigenvalue weighted by atomic mass is 9.59. The van der Waals surface area contributed by atoms with Crippen molar-refractivity contribution in [1.29, 1.82) is 0 Å². The molecule has 4 nitrogen and oxygen atoms in total. The number of rotatable bonds is 10. The van der Waals surface area contributed by atoms with Crippen LogP contribution in [0.4, 0.5) is 0 Å². The summed E-state index contributed by atoms with van der Waals surface area (Å²) in [4.78, 5) is 31.2. The predicted molar refractivity (Wildman–Crippen MR) is 107 cm³/mol. The number of carbonyl (C=O) groups is 2. The number of Topliss-reactive ketones (excluding diaryl/α,β-unsaturated/α-hetero) is 2. The first-order valence-electron chi connectivity index (χ1n) is 11.0. The van der Waals surface area contributed by atoms with Crippen molar-refractivity contribution in [2.45, 2.75) is 79.1 Å². The normalized spacial score (nSPS) is 22.7. The van der Waals surface area contributed by atoms with E-state index in [0.717, 1.165) is 71.4 Å². The fourth-order valence-corrected chi connectivity index (χ4v) is 5.34.